The van der Waals surface area contributed by atoms with Crippen LogP contribution in [0.15, 0.2) is 48.5 Å². The molecule has 2 aromatic rings. The van der Waals surface area contributed by atoms with E-state index in [0.717, 1.165) is 22.6 Å². The molecule has 3 rings (SSSR count). The topological polar surface area (TPSA) is 98.8 Å². The third kappa shape index (κ3) is 10.1. The molecule has 0 N–H and O–H groups in total. The van der Waals surface area contributed by atoms with Crippen LogP contribution in [0.1, 0.15) is 51.7 Å². The summed E-state index contributed by atoms with van der Waals surface area (Å²) in [7, 11) is 3.23. The molecule has 0 radical (unpaired) electrons. The van der Waals surface area contributed by atoms with Gasteiger partial charge in [-0.1, -0.05) is 24.3 Å². The molecule has 1 saturated heterocycles. The van der Waals surface area contributed by atoms with Gasteiger partial charge in [-0.3, -0.25) is 9.59 Å². The number of rotatable bonds is 10. The molecule has 40 heavy (non-hydrogen) atoms. The van der Waals surface area contributed by atoms with Gasteiger partial charge in [-0.2, -0.15) is 0 Å². The number of esters is 2. The molecular weight excluding hydrogens is 516 g/mol. The van der Waals surface area contributed by atoms with Gasteiger partial charge in [0, 0.05) is 6.61 Å². The molecule has 1 heterocycles. The Labute approximate surface area is 237 Å². The van der Waals surface area contributed by atoms with Gasteiger partial charge in [0.2, 0.25) is 0 Å². The third-order valence-corrected chi connectivity index (χ3v) is 6.41. The van der Waals surface area contributed by atoms with Crippen molar-refractivity contribution in [3.63, 3.8) is 0 Å². The lowest BCUT2D eigenvalue weighted by Crippen LogP contribution is -2.46. The minimum atomic E-state index is -0.684. The quantitative estimate of drug-likeness (QED) is 0.378. The first-order chi connectivity index (χ1) is 19.1. The van der Waals surface area contributed by atoms with Crippen LogP contribution in [0.5, 0.6) is 11.5 Å². The normalized spacial score (nSPS) is 22.2. The summed E-state index contributed by atoms with van der Waals surface area (Å²) in [5, 5.41) is 0. The van der Waals surface area contributed by atoms with Crippen LogP contribution in [0.2, 0.25) is 0 Å². The van der Waals surface area contributed by atoms with E-state index in [1.807, 2.05) is 48.5 Å². The predicted molar refractivity (Wildman–Crippen MR) is 148 cm³/mol. The molecule has 0 bridgehead atoms. The van der Waals surface area contributed by atoms with Crippen molar-refractivity contribution in [1.29, 1.82) is 0 Å². The van der Waals surface area contributed by atoms with E-state index in [0.29, 0.717) is 13.0 Å². The Bertz CT molecular complexity index is 1060. The molecule has 220 valence electrons. The first kappa shape index (κ1) is 31.4. The third-order valence-electron chi connectivity index (χ3n) is 6.41. The molecule has 0 spiro atoms. The fourth-order valence-electron chi connectivity index (χ4n) is 4.28. The summed E-state index contributed by atoms with van der Waals surface area (Å²) < 4.78 is 40.4. The van der Waals surface area contributed by atoms with Gasteiger partial charge in [0.15, 0.2) is 0 Å². The van der Waals surface area contributed by atoms with E-state index in [2.05, 4.69) is 0 Å². The summed E-state index contributed by atoms with van der Waals surface area (Å²) in [5.74, 6) is -0.123. The van der Waals surface area contributed by atoms with E-state index in [9.17, 15) is 9.59 Å². The van der Waals surface area contributed by atoms with Gasteiger partial charge < -0.3 is 33.2 Å². The highest BCUT2D eigenvalue weighted by Crippen LogP contribution is 2.24. The Morgan fingerprint density at radius 2 is 1.45 bits per heavy atom. The second-order valence-electron chi connectivity index (χ2n) is 10.8. The second kappa shape index (κ2) is 15.0. The summed E-state index contributed by atoms with van der Waals surface area (Å²) in [6, 6.07) is 15.1. The maximum Gasteiger partial charge on any atom is 0.309 e. The highest BCUT2D eigenvalue weighted by atomic mass is 16.6. The second-order valence-corrected chi connectivity index (χ2v) is 10.8. The molecule has 9 nitrogen and oxygen atoms in total. The van der Waals surface area contributed by atoms with Crippen molar-refractivity contribution in [1.82, 2.24) is 0 Å². The molecule has 0 saturated carbocycles. The Balaban J connectivity index is 1.74. The smallest absolute Gasteiger partial charge is 0.309 e. The molecule has 1 aliphatic heterocycles. The number of methoxy groups -OCH3 is 2. The molecular formula is C31H42O9. The van der Waals surface area contributed by atoms with Gasteiger partial charge >= 0.3 is 11.9 Å². The zero-order valence-corrected chi connectivity index (χ0v) is 24.3. The van der Waals surface area contributed by atoms with Gasteiger partial charge in [0.25, 0.3) is 0 Å². The average molecular weight is 559 g/mol. The van der Waals surface area contributed by atoms with E-state index < -0.39 is 41.8 Å². The summed E-state index contributed by atoms with van der Waals surface area (Å²) in [6.07, 6.45) is -1.58. The first-order valence-electron chi connectivity index (χ1n) is 13.6. The standard InChI is InChI=1S/C31H42O9/c1-21-29(38-19-23-9-13-26(35-6)14-10-23)27(37-18-22-7-11-25(34-5)12-8-22)20-36-16-15-24(30(33)39-21)17-28(32)40-31(2,3)4/h7-14,21,24,27,29H,15-20H2,1-6H3/t21-,24+,27-,29-/m0/s1. The van der Waals surface area contributed by atoms with E-state index >= 15 is 0 Å². The van der Waals surface area contributed by atoms with E-state index in [-0.39, 0.29) is 26.2 Å². The molecule has 0 aliphatic carbocycles. The molecule has 2 aromatic carbocycles. The van der Waals surface area contributed by atoms with E-state index in [4.69, 9.17) is 33.2 Å². The van der Waals surface area contributed by atoms with E-state index in [1.54, 1.807) is 41.9 Å². The largest absolute Gasteiger partial charge is 0.497 e. The fourth-order valence-corrected chi connectivity index (χ4v) is 4.28. The number of carbonyl (C=O) groups excluding carboxylic acids is 2. The number of hydrogen-bond donors (Lipinski definition) is 0. The fraction of sp³-hybridized carbons (Fsp3) is 0.548. The summed E-state index contributed by atoms with van der Waals surface area (Å²) in [4.78, 5) is 25.6. The molecule has 9 heteroatoms. The number of hydrogen-bond acceptors (Lipinski definition) is 9. The molecule has 0 amide bonds. The van der Waals surface area contributed by atoms with Crippen LogP contribution in [-0.4, -0.2) is 63.3 Å². The van der Waals surface area contributed by atoms with E-state index in [1.165, 1.54) is 0 Å². The van der Waals surface area contributed by atoms with Crippen molar-refractivity contribution >= 4 is 11.9 Å². The molecule has 1 fully saturated rings. The lowest BCUT2D eigenvalue weighted by molar-refractivity contribution is -0.186. The van der Waals surface area contributed by atoms with Crippen molar-refractivity contribution in [2.75, 3.05) is 27.4 Å². The van der Waals surface area contributed by atoms with Crippen molar-refractivity contribution < 1.29 is 42.7 Å². The Morgan fingerprint density at radius 1 is 0.900 bits per heavy atom. The molecule has 0 unspecified atom stereocenters. The maximum absolute atomic E-state index is 13.2. The highest BCUT2D eigenvalue weighted by Gasteiger charge is 2.36. The van der Waals surface area contributed by atoms with Crippen LogP contribution in [0.4, 0.5) is 0 Å². The number of ether oxygens (including phenoxy) is 7. The predicted octanol–water partition coefficient (Wildman–Crippen LogP) is 4.87. The molecule has 4 atom stereocenters. The minimum absolute atomic E-state index is 0.0824. The van der Waals surface area contributed by atoms with Crippen molar-refractivity contribution in [2.45, 2.75) is 77.7 Å². The van der Waals surface area contributed by atoms with Crippen LogP contribution < -0.4 is 9.47 Å². The SMILES string of the molecule is COc1ccc(CO[C@H]2[C@H](C)OC(=O)[C@@H](CC(=O)OC(C)(C)C)CCOC[C@@H]2OCc2ccc(OC)cc2)cc1. The average Bonchev–Trinajstić information content (AvgIpc) is 2.92. The monoisotopic (exact) mass is 558 g/mol. The number of benzene rings is 2. The van der Waals surface area contributed by atoms with Gasteiger partial charge in [0.05, 0.1) is 46.4 Å². The lowest BCUT2D eigenvalue weighted by Gasteiger charge is -2.33. The Hall–Kier alpha value is -3.14. The Morgan fingerprint density at radius 3 is 1.98 bits per heavy atom. The summed E-state index contributed by atoms with van der Waals surface area (Å²) in [6.45, 7) is 8.19. The van der Waals surface area contributed by atoms with Crippen LogP contribution in [0, 0.1) is 5.92 Å². The minimum Gasteiger partial charge on any atom is -0.497 e. The highest BCUT2D eigenvalue weighted by molar-refractivity contribution is 5.80. The number of carbonyl (C=O) groups is 2. The van der Waals surface area contributed by atoms with Crippen LogP contribution >= 0.6 is 0 Å². The van der Waals surface area contributed by atoms with Gasteiger partial charge in [-0.15, -0.1) is 0 Å². The molecule has 1 aliphatic rings. The van der Waals surface area contributed by atoms with Crippen LogP contribution in [0.3, 0.4) is 0 Å². The van der Waals surface area contributed by atoms with Gasteiger partial charge in [-0.05, 0) is 69.5 Å². The zero-order chi connectivity index (χ0) is 29.1. The van der Waals surface area contributed by atoms with Crippen molar-refractivity contribution in [2.24, 2.45) is 5.92 Å². The van der Waals surface area contributed by atoms with Crippen molar-refractivity contribution in [3.8, 4) is 11.5 Å². The molecule has 0 aromatic heterocycles. The van der Waals surface area contributed by atoms with Crippen molar-refractivity contribution in [3.05, 3.63) is 59.7 Å². The summed E-state index contributed by atoms with van der Waals surface area (Å²) in [5.41, 5.74) is 1.23. The zero-order valence-electron chi connectivity index (χ0n) is 24.3. The maximum atomic E-state index is 13.2. The van der Waals surface area contributed by atoms with Crippen LogP contribution in [-0.2, 0) is 46.5 Å². The summed E-state index contributed by atoms with van der Waals surface area (Å²) >= 11 is 0. The Kier molecular flexibility index (Phi) is 11.8. The van der Waals surface area contributed by atoms with Gasteiger partial charge in [-0.25, -0.2) is 0 Å². The first-order valence-corrected chi connectivity index (χ1v) is 13.6. The lowest BCUT2D eigenvalue weighted by atomic mass is 10.0. The van der Waals surface area contributed by atoms with Gasteiger partial charge in [0.1, 0.15) is 35.4 Å². The number of cyclic esters (lactones) is 1. The van der Waals surface area contributed by atoms with Crippen LogP contribution in [0.25, 0.3) is 0 Å².